The van der Waals surface area contributed by atoms with Crippen LogP contribution in [0.2, 0.25) is 0 Å². The summed E-state index contributed by atoms with van der Waals surface area (Å²) in [7, 11) is 3.78. The summed E-state index contributed by atoms with van der Waals surface area (Å²) >= 11 is 0. The second-order valence-electron chi connectivity index (χ2n) is 3.37. The van der Waals surface area contributed by atoms with Gasteiger partial charge in [0.25, 0.3) is 0 Å². The van der Waals surface area contributed by atoms with Gasteiger partial charge in [0, 0.05) is 0 Å². The van der Waals surface area contributed by atoms with E-state index in [9.17, 15) is 0 Å². The fourth-order valence-corrected chi connectivity index (χ4v) is 1.19. The van der Waals surface area contributed by atoms with Gasteiger partial charge in [0.15, 0.2) is 0 Å². The van der Waals surface area contributed by atoms with Crippen LogP contribution >= 0.6 is 0 Å². The third kappa shape index (κ3) is 1.87. The smallest absolute Gasteiger partial charge is 0.223 e. The second-order valence-corrected chi connectivity index (χ2v) is 3.37. The van der Waals surface area contributed by atoms with Crippen LogP contribution in [0.4, 0.5) is 0 Å². The molecule has 0 atom stereocenters. The highest BCUT2D eigenvalue weighted by molar-refractivity contribution is 5.40. The summed E-state index contributed by atoms with van der Waals surface area (Å²) in [6, 6.07) is 0. The van der Waals surface area contributed by atoms with Crippen LogP contribution in [0.5, 0.6) is 0 Å². The highest BCUT2D eigenvalue weighted by Crippen LogP contribution is 2.10. The molecule has 0 saturated carbocycles. The number of hydrogen-bond donors (Lipinski definition) is 1. The van der Waals surface area contributed by atoms with Crippen LogP contribution in [-0.4, -0.2) is 64.5 Å². The predicted octanol–water partition coefficient (Wildman–Crippen LogP) is -2.20. The molecule has 16 heavy (non-hydrogen) atoms. The quantitative estimate of drug-likeness (QED) is 0.623. The predicted molar refractivity (Wildman–Crippen MR) is 50.5 cm³/mol. The molecule has 0 spiro atoms. The van der Waals surface area contributed by atoms with E-state index in [4.69, 9.17) is 5.11 Å². The number of aliphatic hydroxyl groups is 1. The van der Waals surface area contributed by atoms with Crippen molar-refractivity contribution >= 4 is 0 Å². The van der Waals surface area contributed by atoms with Crippen LogP contribution in [0.3, 0.4) is 0 Å². The highest BCUT2D eigenvalue weighted by Gasteiger charge is 2.16. The number of aliphatic hydroxyl groups excluding tert-OH is 1. The van der Waals surface area contributed by atoms with E-state index in [2.05, 4.69) is 31.1 Å². The molecular weight excluding hydrogens is 214 g/mol. The van der Waals surface area contributed by atoms with Gasteiger partial charge in [-0.1, -0.05) is 0 Å². The van der Waals surface area contributed by atoms with Crippen molar-refractivity contribution in [3.63, 3.8) is 0 Å². The van der Waals surface area contributed by atoms with Crippen molar-refractivity contribution < 1.29 is 5.11 Å². The molecule has 10 nitrogen and oxygen atoms in total. The van der Waals surface area contributed by atoms with Gasteiger partial charge in [-0.25, -0.2) is 4.68 Å². The minimum atomic E-state index is -0.322. The van der Waals surface area contributed by atoms with E-state index < -0.39 is 0 Å². The molecule has 0 unspecified atom stereocenters. The van der Waals surface area contributed by atoms with Crippen molar-refractivity contribution in [2.24, 2.45) is 0 Å². The summed E-state index contributed by atoms with van der Waals surface area (Å²) in [6.45, 7) is 0.178. The van der Waals surface area contributed by atoms with Crippen LogP contribution in [0.1, 0.15) is 0 Å². The van der Waals surface area contributed by atoms with Gasteiger partial charge in [-0.05, 0) is 34.9 Å². The molecule has 0 aliphatic heterocycles. The number of nitrogens with zero attached hydrogens (tertiary/aromatic N) is 9. The lowest BCUT2D eigenvalue weighted by Gasteiger charge is -2.09. The van der Waals surface area contributed by atoms with E-state index in [-0.39, 0.29) is 6.73 Å². The van der Waals surface area contributed by atoms with E-state index in [1.165, 1.54) is 9.36 Å². The van der Waals surface area contributed by atoms with Gasteiger partial charge in [0.1, 0.15) is 6.73 Å². The zero-order valence-electron chi connectivity index (χ0n) is 8.89. The molecule has 2 heterocycles. The molecule has 2 aromatic heterocycles. The molecule has 2 aromatic rings. The van der Waals surface area contributed by atoms with E-state index in [1.54, 1.807) is 0 Å². The van der Waals surface area contributed by atoms with Gasteiger partial charge in [-0.3, -0.25) is 4.90 Å². The first-order valence-corrected chi connectivity index (χ1v) is 4.50. The van der Waals surface area contributed by atoms with Gasteiger partial charge in [-0.2, -0.15) is 4.68 Å². The average molecular weight is 225 g/mol. The zero-order valence-corrected chi connectivity index (χ0v) is 8.89. The highest BCUT2D eigenvalue weighted by atomic mass is 16.3. The third-order valence-electron chi connectivity index (χ3n) is 1.81. The molecule has 0 saturated heterocycles. The normalized spacial score (nSPS) is 11.2. The minimum Gasteiger partial charge on any atom is -0.374 e. The molecule has 0 amide bonds. The van der Waals surface area contributed by atoms with Crippen LogP contribution in [0.25, 0.3) is 11.6 Å². The Morgan fingerprint density at radius 3 is 2.19 bits per heavy atom. The summed E-state index contributed by atoms with van der Waals surface area (Å²) < 4.78 is 2.75. The topological polar surface area (TPSA) is 111 Å². The number of tetrazole rings is 2. The van der Waals surface area contributed by atoms with E-state index in [0.29, 0.717) is 18.3 Å². The Morgan fingerprint density at radius 2 is 1.62 bits per heavy atom. The summed E-state index contributed by atoms with van der Waals surface area (Å²) in [6.07, 6.45) is 0. The molecule has 0 aliphatic rings. The molecule has 2 rings (SSSR count). The minimum absolute atomic E-state index is 0.322. The molecule has 86 valence electrons. The monoisotopic (exact) mass is 225 g/mol. The lowest BCUT2D eigenvalue weighted by molar-refractivity contribution is 0.194. The van der Waals surface area contributed by atoms with Crippen LogP contribution in [-0.2, 0) is 13.4 Å². The first kappa shape index (κ1) is 10.6. The largest absolute Gasteiger partial charge is 0.374 e. The molecule has 0 bridgehead atoms. The van der Waals surface area contributed by atoms with Crippen molar-refractivity contribution in [2.75, 3.05) is 14.1 Å². The standard InChI is InChI=1S/C6H11N9O/c1-13(2)3-14-5(7-9-11-14)6-8-10-12-15(6)4-16/h16H,3-4H2,1-2H3. The van der Waals surface area contributed by atoms with Gasteiger partial charge in [0.05, 0.1) is 6.67 Å². The Balaban J connectivity index is 2.37. The summed E-state index contributed by atoms with van der Waals surface area (Å²) in [4.78, 5) is 1.90. The first-order valence-electron chi connectivity index (χ1n) is 4.50. The summed E-state index contributed by atoms with van der Waals surface area (Å²) in [5, 5.41) is 31.0. The van der Waals surface area contributed by atoms with Gasteiger partial charge in [-0.15, -0.1) is 10.2 Å². The maximum Gasteiger partial charge on any atom is 0.223 e. The summed E-state index contributed by atoms with van der Waals surface area (Å²) in [5.41, 5.74) is 0. The Bertz CT molecular complexity index is 460. The van der Waals surface area contributed by atoms with Crippen molar-refractivity contribution in [3.05, 3.63) is 0 Å². The van der Waals surface area contributed by atoms with Crippen LogP contribution in [0.15, 0.2) is 0 Å². The Kier molecular flexibility index (Phi) is 2.83. The Hall–Kier alpha value is -1.94. The van der Waals surface area contributed by atoms with Gasteiger partial charge in [0.2, 0.25) is 11.6 Å². The maximum atomic E-state index is 9.01. The third-order valence-corrected chi connectivity index (χ3v) is 1.81. The molecule has 1 N–H and O–H groups in total. The number of hydrogen-bond acceptors (Lipinski definition) is 8. The van der Waals surface area contributed by atoms with Crippen LogP contribution in [0, 0.1) is 0 Å². The molecule has 0 fully saturated rings. The fraction of sp³-hybridized carbons (Fsp3) is 0.667. The zero-order chi connectivity index (χ0) is 11.5. The van der Waals surface area contributed by atoms with Crippen LogP contribution < -0.4 is 0 Å². The molecular formula is C6H11N9O. The average Bonchev–Trinajstić information content (AvgIpc) is 2.83. The van der Waals surface area contributed by atoms with Gasteiger partial charge < -0.3 is 5.11 Å². The van der Waals surface area contributed by atoms with Crippen molar-refractivity contribution in [1.82, 2.24) is 45.3 Å². The first-order chi connectivity index (χ1) is 7.72. The molecule has 0 aromatic carbocycles. The van der Waals surface area contributed by atoms with E-state index in [0.717, 1.165) is 0 Å². The van der Waals surface area contributed by atoms with Crippen molar-refractivity contribution in [2.45, 2.75) is 13.4 Å². The lowest BCUT2D eigenvalue weighted by atomic mass is 10.5. The van der Waals surface area contributed by atoms with Crippen molar-refractivity contribution in [1.29, 1.82) is 0 Å². The second kappa shape index (κ2) is 4.28. The number of aromatic nitrogens is 8. The maximum absolute atomic E-state index is 9.01. The Morgan fingerprint density at radius 1 is 1.06 bits per heavy atom. The van der Waals surface area contributed by atoms with E-state index in [1.807, 2.05) is 19.0 Å². The fourth-order valence-electron chi connectivity index (χ4n) is 1.19. The van der Waals surface area contributed by atoms with E-state index >= 15 is 0 Å². The number of rotatable bonds is 4. The van der Waals surface area contributed by atoms with Gasteiger partial charge >= 0.3 is 0 Å². The summed E-state index contributed by atoms with van der Waals surface area (Å²) in [5.74, 6) is 0.738. The SMILES string of the molecule is CN(C)Cn1nnnc1-c1nnnn1CO. The lowest BCUT2D eigenvalue weighted by Crippen LogP contribution is -2.19. The molecule has 0 radical (unpaired) electrons. The molecule has 10 heteroatoms. The molecule has 0 aliphatic carbocycles. The Labute approximate surface area is 90.5 Å². The van der Waals surface area contributed by atoms with Crippen molar-refractivity contribution in [3.8, 4) is 11.6 Å².